The van der Waals surface area contributed by atoms with E-state index in [1.54, 1.807) is 16.6 Å². The van der Waals surface area contributed by atoms with E-state index in [0.29, 0.717) is 18.8 Å². The van der Waals surface area contributed by atoms with Crippen LogP contribution in [0, 0.1) is 13.8 Å². The minimum Gasteiger partial charge on any atom is -0.493 e. The van der Waals surface area contributed by atoms with Crippen molar-refractivity contribution in [2.24, 2.45) is 0 Å². The predicted molar refractivity (Wildman–Crippen MR) is 107 cm³/mol. The Bertz CT molecular complexity index is 903. The van der Waals surface area contributed by atoms with Gasteiger partial charge in [-0.3, -0.25) is 4.79 Å². The van der Waals surface area contributed by atoms with Gasteiger partial charge in [-0.15, -0.1) is 0 Å². The number of carbonyl (C=O) groups is 1. The van der Waals surface area contributed by atoms with Gasteiger partial charge in [0.15, 0.2) is 5.69 Å². The van der Waals surface area contributed by atoms with Crippen molar-refractivity contribution in [1.29, 1.82) is 0 Å². The number of aromatic nitrogens is 2. The Morgan fingerprint density at radius 1 is 1.07 bits per heavy atom. The van der Waals surface area contributed by atoms with Crippen LogP contribution in [0.1, 0.15) is 28.2 Å². The van der Waals surface area contributed by atoms with E-state index in [1.165, 1.54) is 0 Å². The molecule has 0 aliphatic heterocycles. The lowest BCUT2D eigenvalue weighted by atomic mass is 10.2. The summed E-state index contributed by atoms with van der Waals surface area (Å²) in [5.74, 6) is 0.812. The van der Waals surface area contributed by atoms with E-state index in [-0.39, 0.29) is 5.91 Å². The fourth-order valence-corrected chi connectivity index (χ4v) is 2.91. The van der Waals surface area contributed by atoms with Crippen LogP contribution in [-0.4, -0.2) is 40.8 Å². The Kier molecular flexibility index (Phi) is 5.91. The summed E-state index contributed by atoms with van der Waals surface area (Å²) in [5.41, 5.74) is 3.45. The zero-order valence-corrected chi connectivity index (χ0v) is 16.1. The Balaban J connectivity index is 1.55. The average Bonchev–Trinajstić information content (AvgIpc) is 3.08. The van der Waals surface area contributed by atoms with Gasteiger partial charge >= 0.3 is 0 Å². The predicted octanol–water partition coefficient (Wildman–Crippen LogP) is 4.03. The van der Waals surface area contributed by atoms with Gasteiger partial charge in [-0.25, -0.2) is 4.68 Å². The molecule has 1 heterocycles. The maximum Gasteiger partial charge on any atom is 0.274 e. The van der Waals surface area contributed by atoms with Gasteiger partial charge in [-0.05, 0) is 50.1 Å². The topological polar surface area (TPSA) is 47.4 Å². The number of carbonyl (C=O) groups excluding carboxylic acids is 1. The van der Waals surface area contributed by atoms with Crippen molar-refractivity contribution in [3.8, 4) is 11.4 Å². The fraction of sp³-hybridized carbons (Fsp3) is 0.273. The normalized spacial score (nSPS) is 10.6. The molecule has 1 aromatic heterocycles. The van der Waals surface area contributed by atoms with E-state index in [1.807, 2.05) is 74.5 Å². The van der Waals surface area contributed by atoms with Crippen LogP contribution < -0.4 is 4.74 Å². The molecule has 0 atom stereocenters. The second-order valence-corrected chi connectivity index (χ2v) is 6.61. The molecule has 3 rings (SSSR count). The molecule has 0 aliphatic rings. The van der Waals surface area contributed by atoms with Crippen molar-refractivity contribution in [2.45, 2.75) is 20.3 Å². The number of para-hydroxylation sites is 2. The molecule has 5 nitrogen and oxygen atoms in total. The largest absolute Gasteiger partial charge is 0.493 e. The second-order valence-electron chi connectivity index (χ2n) is 6.61. The Morgan fingerprint density at radius 2 is 1.78 bits per heavy atom. The molecule has 0 fully saturated rings. The number of nitrogens with zero attached hydrogens (tertiary/aromatic N) is 3. The number of amides is 1. The van der Waals surface area contributed by atoms with E-state index in [9.17, 15) is 4.79 Å². The first kappa shape index (κ1) is 18.7. The van der Waals surface area contributed by atoms with Gasteiger partial charge in [0, 0.05) is 19.3 Å². The van der Waals surface area contributed by atoms with Gasteiger partial charge in [0.1, 0.15) is 5.75 Å². The smallest absolute Gasteiger partial charge is 0.274 e. The standard InChI is InChI=1S/C22H25N3O2/c1-17-10-7-8-13-21(17)27-15-9-14-24(3)22(26)20-16-18(2)25(23-20)19-11-5-4-6-12-19/h4-8,10-13,16H,9,14-15H2,1-3H3. The lowest BCUT2D eigenvalue weighted by Gasteiger charge is -2.16. The van der Waals surface area contributed by atoms with Crippen molar-refractivity contribution in [2.75, 3.05) is 20.2 Å². The highest BCUT2D eigenvalue weighted by atomic mass is 16.5. The number of aryl methyl sites for hydroxylation is 2. The molecule has 5 heteroatoms. The summed E-state index contributed by atoms with van der Waals surface area (Å²) < 4.78 is 7.59. The molecule has 1 amide bonds. The maximum atomic E-state index is 12.7. The fourth-order valence-electron chi connectivity index (χ4n) is 2.91. The Hall–Kier alpha value is -3.08. The van der Waals surface area contributed by atoms with Crippen molar-refractivity contribution >= 4 is 5.91 Å². The summed E-state index contributed by atoms with van der Waals surface area (Å²) >= 11 is 0. The molecule has 2 aromatic carbocycles. The summed E-state index contributed by atoms with van der Waals surface area (Å²) in [6, 6.07) is 19.6. The van der Waals surface area contributed by atoms with Crippen LogP contribution in [0.2, 0.25) is 0 Å². The van der Waals surface area contributed by atoms with Gasteiger partial charge in [0.05, 0.1) is 12.3 Å². The molecule has 0 aliphatic carbocycles. The SMILES string of the molecule is Cc1ccccc1OCCCN(C)C(=O)c1cc(C)n(-c2ccccc2)n1. The molecule has 3 aromatic rings. The average molecular weight is 363 g/mol. The number of ether oxygens (including phenoxy) is 1. The minimum absolute atomic E-state index is 0.0799. The van der Waals surface area contributed by atoms with Gasteiger partial charge in [-0.1, -0.05) is 36.4 Å². The van der Waals surface area contributed by atoms with E-state index >= 15 is 0 Å². The summed E-state index contributed by atoms with van der Waals surface area (Å²) in [6.07, 6.45) is 0.759. The first-order valence-corrected chi connectivity index (χ1v) is 9.12. The van der Waals surface area contributed by atoms with Crippen LogP contribution in [0.25, 0.3) is 5.69 Å². The van der Waals surface area contributed by atoms with E-state index in [0.717, 1.165) is 29.1 Å². The number of benzene rings is 2. The van der Waals surface area contributed by atoms with Gasteiger partial charge in [-0.2, -0.15) is 5.10 Å². The molecule has 0 saturated heterocycles. The third kappa shape index (κ3) is 4.56. The first-order valence-electron chi connectivity index (χ1n) is 9.12. The molecule has 27 heavy (non-hydrogen) atoms. The highest BCUT2D eigenvalue weighted by Crippen LogP contribution is 2.16. The van der Waals surface area contributed by atoms with Crippen LogP contribution in [0.3, 0.4) is 0 Å². The van der Waals surface area contributed by atoms with Gasteiger partial charge < -0.3 is 9.64 Å². The molecule has 0 bridgehead atoms. The van der Waals surface area contributed by atoms with Crippen LogP contribution in [0.5, 0.6) is 5.75 Å². The van der Waals surface area contributed by atoms with E-state index in [2.05, 4.69) is 5.10 Å². The van der Waals surface area contributed by atoms with E-state index in [4.69, 9.17) is 4.74 Å². The zero-order chi connectivity index (χ0) is 19.2. The van der Waals surface area contributed by atoms with Crippen LogP contribution >= 0.6 is 0 Å². The third-order valence-corrected chi connectivity index (χ3v) is 4.44. The third-order valence-electron chi connectivity index (χ3n) is 4.44. The van der Waals surface area contributed by atoms with Gasteiger partial charge in [0.2, 0.25) is 0 Å². The lowest BCUT2D eigenvalue weighted by molar-refractivity contribution is 0.0781. The molecule has 0 spiro atoms. The molecule has 0 radical (unpaired) electrons. The molecular formula is C22H25N3O2. The molecule has 0 saturated carbocycles. The van der Waals surface area contributed by atoms with Crippen molar-refractivity contribution in [3.63, 3.8) is 0 Å². The number of hydrogen-bond acceptors (Lipinski definition) is 3. The van der Waals surface area contributed by atoms with Crippen LogP contribution in [0.15, 0.2) is 60.7 Å². The van der Waals surface area contributed by atoms with Crippen molar-refractivity contribution < 1.29 is 9.53 Å². The molecule has 0 N–H and O–H groups in total. The minimum atomic E-state index is -0.0799. The highest BCUT2D eigenvalue weighted by Gasteiger charge is 2.17. The molecule has 140 valence electrons. The van der Waals surface area contributed by atoms with Crippen molar-refractivity contribution in [1.82, 2.24) is 14.7 Å². The first-order chi connectivity index (χ1) is 13.1. The summed E-state index contributed by atoms with van der Waals surface area (Å²) in [6.45, 7) is 5.16. The Labute approximate surface area is 160 Å². The Morgan fingerprint density at radius 3 is 2.52 bits per heavy atom. The molecular weight excluding hydrogens is 338 g/mol. The monoisotopic (exact) mass is 363 g/mol. The summed E-state index contributed by atoms with van der Waals surface area (Å²) in [4.78, 5) is 14.4. The zero-order valence-electron chi connectivity index (χ0n) is 16.1. The van der Waals surface area contributed by atoms with Crippen molar-refractivity contribution in [3.05, 3.63) is 77.6 Å². The second kappa shape index (κ2) is 8.54. The quantitative estimate of drug-likeness (QED) is 0.596. The van der Waals surface area contributed by atoms with E-state index < -0.39 is 0 Å². The van der Waals surface area contributed by atoms with Crippen LogP contribution in [-0.2, 0) is 0 Å². The molecule has 0 unspecified atom stereocenters. The van der Waals surface area contributed by atoms with Crippen LogP contribution in [0.4, 0.5) is 0 Å². The lowest BCUT2D eigenvalue weighted by Crippen LogP contribution is -2.29. The summed E-state index contributed by atoms with van der Waals surface area (Å²) in [7, 11) is 1.80. The number of rotatable bonds is 7. The maximum absolute atomic E-state index is 12.7. The van der Waals surface area contributed by atoms with Gasteiger partial charge in [0.25, 0.3) is 5.91 Å². The highest BCUT2D eigenvalue weighted by molar-refractivity contribution is 5.92. The number of hydrogen-bond donors (Lipinski definition) is 0. The summed E-state index contributed by atoms with van der Waals surface area (Å²) in [5, 5.41) is 4.48.